The lowest BCUT2D eigenvalue weighted by Gasteiger charge is -2.42. The van der Waals surface area contributed by atoms with Crippen LogP contribution in [0.4, 0.5) is 15.2 Å². The van der Waals surface area contributed by atoms with Gasteiger partial charge in [0.1, 0.15) is 11.6 Å². The van der Waals surface area contributed by atoms with Crippen LogP contribution in [0.5, 0.6) is 0 Å². The Morgan fingerprint density at radius 2 is 2.00 bits per heavy atom. The Balaban J connectivity index is 1.46. The largest absolute Gasteiger partial charge is 0.384 e. The molecule has 12 heteroatoms. The SMILES string of the molecule is Cc1ccc(F)cc1NC(=O)CSc1nnc(N2C(N)=C(C#N)C(c3ccc(Cl)cc3)C3=C2CC(C)(C)CC3=O)s1. The fourth-order valence-corrected chi connectivity index (χ4v) is 6.92. The van der Waals surface area contributed by atoms with Gasteiger partial charge in [0.15, 0.2) is 10.1 Å². The van der Waals surface area contributed by atoms with E-state index in [0.29, 0.717) is 44.3 Å². The highest BCUT2D eigenvalue weighted by molar-refractivity contribution is 8.01. The quantitative estimate of drug-likeness (QED) is 0.312. The van der Waals surface area contributed by atoms with Crippen molar-refractivity contribution in [3.05, 3.63) is 87.1 Å². The van der Waals surface area contributed by atoms with Crippen LogP contribution in [0.25, 0.3) is 0 Å². The molecule has 5 rings (SSSR count). The number of aromatic nitrogens is 2. The Hall–Kier alpha value is -3.72. The molecule has 2 aliphatic rings. The lowest BCUT2D eigenvalue weighted by atomic mass is 9.69. The minimum absolute atomic E-state index is 0.0253. The van der Waals surface area contributed by atoms with Gasteiger partial charge >= 0.3 is 0 Å². The van der Waals surface area contributed by atoms with Crippen LogP contribution in [0.15, 0.2) is 69.5 Å². The van der Waals surface area contributed by atoms with Crippen molar-refractivity contribution in [3.8, 4) is 6.07 Å². The van der Waals surface area contributed by atoms with Crippen LogP contribution in [0.2, 0.25) is 5.02 Å². The van der Waals surface area contributed by atoms with Gasteiger partial charge in [0.05, 0.1) is 23.3 Å². The number of hydrogen-bond acceptors (Lipinski definition) is 9. The van der Waals surface area contributed by atoms with Crippen molar-refractivity contribution < 1.29 is 14.0 Å². The summed E-state index contributed by atoms with van der Waals surface area (Å²) in [5.74, 6) is -1.22. The summed E-state index contributed by atoms with van der Waals surface area (Å²) in [5.41, 5.74) is 9.68. The Kier molecular flexibility index (Phi) is 7.92. The van der Waals surface area contributed by atoms with Crippen LogP contribution in [-0.2, 0) is 9.59 Å². The molecule has 8 nitrogen and oxygen atoms in total. The third-order valence-corrected chi connectivity index (χ3v) is 9.27. The van der Waals surface area contributed by atoms with Crippen LogP contribution in [-0.4, -0.2) is 27.6 Å². The molecule has 1 aliphatic carbocycles. The molecule has 1 aliphatic heterocycles. The summed E-state index contributed by atoms with van der Waals surface area (Å²) in [4.78, 5) is 27.8. The Morgan fingerprint density at radius 3 is 2.71 bits per heavy atom. The number of aryl methyl sites for hydroxylation is 1. The van der Waals surface area contributed by atoms with Crippen LogP contribution in [0.3, 0.4) is 0 Å². The number of ketones is 1. The van der Waals surface area contributed by atoms with Gasteiger partial charge in [0.2, 0.25) is 11.0 Å². The fourth-order valence-electron chi connectivity index (χ4n) is 5.11. The maximum Gasteiger partial charge on any atom is 0.234 e. The Morgan fingerprint density at radius 1 is 1.27 bits per heavy atom. The summed E-state index contributed by atoms with van der Waals surface area (Å²) in [6.45, 7) is 5.82. The van der Waals surface area contributed by atoms with Gasteiger partial charge in [0, 0.05) is 28.4 Å². The second-order valence-corrected chi connectivity index (χ2v) is 13.3. The molecular weight excluding hydrogens is 583 g/mol. The number of benzene rings is 2. The van der Waals surface area contributed by atoms with Crippen LogP contribution in [0, 0.1) is 29.5 Å². The predicted octanol–water partition coefficient (Wildman–Crippen LogP) is 6.31. The molecule has 0 fully saturated rings. The number of Topliss-reactive ketones (excluding diaryl/α,β-unsaturated/α-hetero) is 1. The smallest absolute Gasteiger partial charge is 0.234 e. The van der Waals surface area contributed by atoms with Gasteiger partial charge < -0.3 is 11.1 Å². The minimum atomic E-state index is -0.621. The highest BCUT2D eigenvalue weighted by Gasteiger charge is 2.45. The monoisotopic (exact) mass is 608 g/mol. The van der Waals surface area contributed by atoms with Crippen LogP contribution < -0.4 is 16.0 Å². The van der Waals surface area contributed by atoms with Gasteiger partial charge in [-0.1, -0.05) is 66.7 Å². The van der Waals surface area contributed by atoms with Crippen molar-refractivity contribution in [2.45, 2.75) is 43.9 Å². The summed E-state index contributed by atoms with van der Waals surface area (Å²) >= 11 is 8.49. The van der Waals surface area contributed by atoms with E-state index in [1.54, 1.807) is 42.2 Å². The molecule has 41 heavy (non-hydrogen) atoms. The predicted molar refractivity (Wildman–Crippen MR) is 159 cm³/mol. The molecule has 1 unspecified atom stereocenters. The standard InChI is InChI=1S/C29H26ClFN6O2S2/c1-15-4-9-18(31)10-20(15)34-23(39)14-40-28-36-35-27(41-28)37-21-11-29(2,3)12-22(38)25(21)24(19(13-32)26(37)33)16-5-7-17(30)8-6-16/h4-10,24H,11-12,14,33H2,1-3H3,(H,34,39). The van der Waals surface area contributed by atoms with Crippen molar-refractivity contribution in [1.29, 1.82) is 5.26 Å². The molecular formula is C29H26ClFN6O2S2. The average molecular weight is 609 g/mol. The number of nitrogens with two attached hydrogens (primary N) is 1. The number of allylic oxidation sites excluding steroid dienone is 3. The topological polar surface area (TPSA) is 125 Å². The van der Waals surface area contributed by atoms with E-state index in [4.69, 9.17) is 17.3 Å². The number of hydrogen-bond donors (Lipinski definition) is 2. The number of rotatable bonds is 6. The molecule has 2 heterocycles. The van der Waals surface area contributed by atoms with Gasteiger partial charge in [-0.25, -0.2) is 4.39 Å². The lowest BCUT2D eigenvalue weighted by Crippen LogP contribution is -2.42. The second-order valence-electron chi connectivity index (χ2n) is 10.7. The normalized spacial score (nSPS) is 18.3. The van der Waals surface area contributed by atoms with Gasteiger partial charge in [-0.2, -0.15) is 5.26 Å². The number of nitriles is 1. The van der Waals surface area contributed by atoms with Crippen LogP contribution >= 0.6 is 34.7 Å². The summed E-state index contributed by atoms with van der Waals surface area (Å²) in [5, 5.41) is 22.4. The zero-order valence-electron chi connectivity index (χ0n) is 22.5. The summed E-state index contributed by atoms with van der Waals surface area (Å²) < 4.78 is 14.1. The number of nitrogens with zero attached hydrogens (tertiary/aromatic N) is 4. The van der Waals surface area contributed by atoms with Crippen molar-refractivity contribution in [2.24, 2.45) is 11.1 Å². The van der Waals surface area contributed by atoms with Gasteiger partial charge in [-0.15, -0.1) is 10.2 Å². The van der Waals surface area contributed by atoms with E-state index in [2.05, 4.69) is 21.6 Å². The van der Waals surface area contributed by atoms with E-state index in [-0.39, 0.29) is 34.3 Å². The Labute approximate surface area is 250 Å². The summed E-state index contributed by atoms with van der Waals surface area (Å²) in [7, 11) is 0. The van der Waals surface area contributed by atoms with E-state index in [1.165, 1.54) is 35.2 Å². The number of amides is 1. The van der Waals surface area contributed by atoms with Crippen molar-refractivity contribution >= 4 is 57.2 Å². The van der Waals surface area contributed by atoms with E-state index in [0.717, 1.165) is 11.1 Å². The first kappa shape index (κ1) is 28.8. The van der Waals surface area contributed by atoms with Crippen molar-refractivity contribution in [2.75, 3.05) is 16.0 Å². The first-order valence-corrected chi connectivity index (χ1v) is 14.9. The number of thioether (sulfide) groups is 1. The molecule has 3 aromatic rings. The number of carbonyl (C=O) groups is 2. The zero-order valence-corrected chi connectivity index (χ0v) is 24.9. The average Bonchev–Trinajstić information content (AvgIpc) is 3.37. The van der Waals surface area contributed by atoms with E-state index in [1.807, 2.05) is 13.8 Å². The molecule has 0 radical (unpaired) electrons. The first-order chi connectivity index (χ1) is 19.5. The maximum absolute atomic E-state index is 13.6. The molecule has 3 N–H and O–H groups in total. The van der Waals surface area contributed by atoms with E-state index < -0.39 is 11.7 Å². The molecule has 0 saturated carbocycles. The highest BCUT2D eigenvalue weighted by Crippen LogP contribution is 2.50. The molecule has 0 bridgehead atoms. The van der Waals surface area contributed by atoms with E-state index in [9.17, 15) is 19.2 Å². The van der Waals surface area contributed by atoms with Crippen molar-refractivity contribution in [1.82, 2.24) is 10.2 Å². The maximum atomic E-state index is 13.6. The number of halogens is 2. The Bertz CT molecular complexity index is 1660. The number of nitrogens with one attached hydrogen (secondary N) is 1. The lowest BCUT2D eigenvalue weighted by molar-refractivity contribution is -0.118. The molecule has 1 amide bonds. The minimum Gasteiger partial charge on any atom is -0.384 e. The fraction of sp³-hybridized carbons (Fsp3) is 0.276. The van der Waals surface area contributed by atoms with Gasteiger partial charge in [-0.3, -0.25) is 14.5 Å². The molecule has 210 valence electrons. The molecule has 2 aromatic carbocycles. The number of carbonyl (C=O) groups excluding carboxylic acids is 2. The molecule has 1 atom stereocenters. The van der Waals surface area contributed by atoms with Crippen molar-refractivity contribution in [3.63, 3.8) is 0 Å². The first-order valence-electron chi connectivity index (χ1n) is 12.7. The summed E-state index contributed by atoms with van der Waals surface area (Å²) in [6, 6.07) is 13.5. The third kappa shape index (κ3) is 5.86. The van der Waals surface area contributed by atoms with E-state index >= 15 is 0 Å². The number of anilines is 2. The molecule has 0 saturated heterocycles. The van der Waals surface area contributed by atoms with Gasteiger partial charge in [-0.05, 0) is 54.2 Å². The molecule has 0 spiro atoms. The zero-order chi connectivity index (χ0) is 29.5. The summed E-state index contributed by atoms with van der Waals surface area (Å²) in [6.07, 6.45) is 0.870. The van der Waals surface area contributed by atoms with Gasteiger partial charge in [0.25, 0.3) is 0 Å². The van der Waals surface area contributed by atoms with Crippen LogP contribution in [0.1, 0.15) is 43.7 Å². The second kappa shape index (κ2) is 11.3. The molecule has 1 aromatic heterocycles. The third-order valence-electron chi connectivity index (χ3n) is 6.97. The highest BCUT2D eigenvalue weighted by atomic mass is 35.5.